The second-order valence-electron chi connectivity index (χ2n) is 3.40. The van der Waals surface area contributed by atoms with Crippen molar-refractivity contribution in [3.63, 3.8) is 0 Å². The van der Waals surface area contributed by atoms with Gasteiger partial charge in [-0.3, -0.25) is 4.79 Å². The summed E-state index contributed by atoms with van der Waals surface area (Å²) in [5, 5.41) is 18.5. The van der Waals surface area contributed by atoms with Crippen LogP contribution < -0.4 is 5.73 Å². The minimum atomic E-state index is -1.15. The Hall–Kier alpha value is -2.20. The molecule has 0 radical (unpaired) electrons. The molecule has 0 spiro atoms. The molecule has 1 rings (SSSR count). The number of anilines is 1. The highest BCUT2D eigenvalue weighted by Crippen LogP contribution is 2.18. The van der Waals surface area contributed by atoms with Gasteiger partial charge in [0.25, 0.3) is 0 Å². The summed E-state index contributed by atoms with van der Waals surface area (Å²) in [7, 11) is 0. The zero-order valence-electron chi connectivity index (χ0n) is 9.41. The van der Waals surface area contributed by atoms with Gasteiger partial charge in [0.15, 0.2) is 11.5 Å². The van der Waals surface area contributed by atoms with E-state index in [9.17, 15) is 9.90 Å². The van der Waals surface area contributed by atoms with E-state index in [1.807, 2.05) is 0 Å². The Bertz CT molecular complexity index is 469. The Morgan fingerprint density at radius 3 is 2.88 bits per heavy atom. The Labute approximate surface area is 97.9 Å². The lowest BCUT2D eigenvalue weighted by atomic mass is 10.1. The number of carbonyl (C=O) groups excluding carboxylic acids is 1. The molecule has 0 aliphatic rings. The quantitative estimate of drug-likeness (QED) is 0.703. The first kappa shape index (κ1) is 12.9. The molecular weight excluding hydrogens is 224 g/mol. The van der Waals surface area contributed by atoms with Crippen LogP contribution in [0.4, 0.5) is 5.82 Å². The Morgan fingerprint density at radius 1 is 1.71 bits per heavy atom. The molecule has 1 aromatic rings. The number of carbonyl (C=O) groups is 1. The van der Waals surface area contributed by atoms with Gasteiger partial charge in [0, 0.05) is 6.92 Å². The molecule has 2 atom stereocenters. The number of aliphatic hydroxyl groups is 1. The number of aromatic nitrogens is 2. The van der Waals surface area contributed by atoms with E-state index in [-0.39, 0.29) is 17.2 Å². The summed E-state index contributed by atoms with van der Waals surface area (Å²) in [6.45, 7) is 2.74. The summed E-state index contributed by atoms with van der Waals surface area (Å²) in [4.78, 5) is 18.3. The number of ether oxygens (including phenoxy) is 1. The molecule has 0 saturated heterocycles. The number of hydrogen-bond acceptors (Lipinski definition) is 7. The summed E-state index contributed by atoms with van der Waals surface area (Å²) >= 11 is 0. The van der Waals surface area contributed by atoms with Gasteiger partial charge in [0.05, 0.1) is 11.9 Å². The maximum atomic E-state index is 10.7. The van der Waals surface area contributed by atoms with E-state index >= 15 is 0 Å². The minimum Gasteiger partial charge on any atom is -0.460 e. The van der Waals surface area contributed by atoms with Crippen LogP contribution in [0.15, 0.2) is 6.20 Å². The van der Waals surface area contributed by atoms with E-state index in [0.29, 0.717) is 0 Å². The topological polar surface area (TPSA) is 122 Å². The van der Waals surface area contributed by atoms with Crippen LogP contribution in [0, 0.1) is 11.3 Å². The molecule has 0 aromatic carbocycles. The molecule has 0 aliphatic heterocycles. The maximum Gasteiger partial charge on any atom is 0.302 e. The summed E-state index contributed by atoms with van der Waals surface area (Å²) in [6.07, 6.45) is -0.697. The first-order valence-corrected chi connectivity index (χ1v) is 4.83. The second kappa shape index (κ2) is 5.23. The van der Waals surface area contributed by atoms with Crippen molar-refractivity contribution in [2.75, 3.05) is 5.73 Å². The average Bonchev–Trinajstić information content (AvgIpc) is 2.27. The lowest BCUT2D eigenvalue weighted by Crippen LogP contribution is -2.22. The van der Waals surface area contributed by atoms with E-state index in [1.54, 1.807) is 6.07 Å². The highest BCUT2D eigenvalue weighted by atomic mass is 16.6. The first-order chi connectivity index (χ1) is 7.95. The molecule has 0 aliphatic carbocycles. The van der Waals surface area contributed by atoms with Gasteiger partial charge in [-0.1, -0.05) is 0 Å². The van der Waals surface area contributed by atoms with Crippen LogP contribution in [0.3, 0.4) is 0 Å². The molecule has 7 nitrogen and oxygen atoms in total. The van der Waals surface area contributed by atoms with Crippen molar-refractivity contribution in [1.29, 1.82) is 5.26 Å². The van der Waals surface area contributed by atoms with Crippen LogP contribution >= 0.6 is 0 Å². The number of nitrogens with zero attached hydrogens (tertiary/aromatic N) is 3. The first-order valence-electron chi connectivity index (χ1n) is 4.83. The zero-order valence-corrected chi connectivity index (χ0v) is 9.41. The molecule has 0 fully saturated rings. The second-order valence-corrected chi connectivity index (χ2v) is 3.40. The van der Waals surface area contributed by atoms with Crippen LogP contribution in [0.25, 0.3) is 0 Å². The number of nitrogen functional groups attached to an aromatic ring is 1. The molecule has 0 amide bonds. The van der Waals surface area contributed by atoms with Gasteiger partial charge in [0.1, 0.15) is 18.3 Å². The van der Waals surface area contributed by atoms with E-state index in [2.05, 4.69) is 9.97 Å². The van der Waals surface area contributed by atoms with Crippen LogP contribution in [-0.2, 0) is 9.53 Å². The maximum absolute atomic E-state index is 10.7. The van der Waals surface area contributed by atoms with Gasteiger partial charge in [-0.05, 0) is 6.92 Å². The summed E-state index contributed by atoms with van der Waals surface area (Å²) in [6, 6.07) is 1.75. The molecule has 90 valence electrons. The number of rotatable bonds is 3. The van der Waals surface area contributed by atoms with E-state index in [4.69, 9.17) is 15.7 Å². The van der Waals surface area contributed by atoms with Gasteiger partial charge in [-0.2, -0.15) is 5.26 Å². The van der Waals surface area contributed by atoms with Gasteiger partial charge in [-0.15, -0.1) is 0 Å². The summed E-state index contributed by atoms with van der Waals surface area (Å²) in [5.74, 6) is -0.524. The molecule has 1 heterocycles. The zero-order chi connectivity index (χ0) is 13.0. The van der Waals surface area contributed by atoms with Crippen molar-refractivity contribution < 1.29 is 14.6 Å². The SMILES string of the molecule is CC(=O)O[C@H](C)[C@H](O)c1cnc(N)c(C#N)n1. The number of nitriles is 1. The van der Waals surface area contributed by atoms with Gasteiger partial charge >= 0.3 is 5.97 Å². The third kappa shape index (κ3) is 3.12. The predicted octanol–water partition coefficient (Wildman–Crippen LogP) is -0.0845. The largest absolute Gasteiger partial charge is 0.460 e. The van der Waals surface area contributed by atoms with Gasteiger partial charge in [-0.25, -0.2) is 9.97 Å². The molecule has 17 heavy (non-hydrogen) atoms. The van der Waals surface area contributed by atoms with Gasteiger partial charge in [0.2, 0.25) is 0 Å². The molecule has 3 N–H and O–H groups in total. The van der Waals surface area contributed by atoms with E-state index in [1.165, 1.54) is 20.0 Å². The smallest absolute Gasteiger partial charge is 0.302 e. The fourth-order valence-electron chi connectivity index (χ4n) is 1.20. The predicted molar refractivity (Wildman–Crippen MR) is 57.3 cm³/mol. The third-order valence-electron chi connectivity index (χ3n) is 2.02. The van der Waals surface area contributed by atoms with Crippen molar-refractivity contribution in [1.82, 2.24) is 9.97 Å². The average molecular weight is 236 g/mol. The number of esters is 1. The minimum absolute atomic E-state index is 0.0106. The molecule has 7 heteroatoms. The Morgan fingerprint density at radius 2 is 2.35 bits per heavy atom. The lowest BCUT2D eigenvalue weighted by Gasteiger charge is -2.17. The standard InChI is InChI=1S/C10H12N4O3/c1-5(17-6(2)15)9(16)8-4-13-10(12)7(3-11)14-8/h4-5,9,16H,1-2H3,(H2,12,13)/t5-,9+/m1/s1. The monoisotopic (exact) mass is 236 g/mol. The summed E-state index contributed by atoms with van der Waals surface area (Å²) in [5.41, 5.74) is 5.45. The van der Waals surface area contributed by atoms with Crippen LogP contribution in [0.1, 0.15) is 31.3 Å². The Balaban J connectivity index is 2.93. The highest BCUT2D eigenvalue weighted by molar-refractivity contribution is 5.66. The van der Waals surface area contributed by atoms with Crippen molar-refractivity contribution in [2.24, 2.45) is 0 Å². The molecule has 0 unspecified atom stereocenters. The fraction of sp³-hybridized carbons (Fsp3) is 0.400. The molecule has 1 aromatic heterocycles. The van der Waals surface area contributed by atoms with Crippen molar-refractivity contribution in [3.05, 3.63) is 17.6 Å². The number of nitrogens with two attached hydrogens (primary N) is 1. The van der Waals surface area contributed by atoms with Crippen LogP contribution in [0.2, 0.25) is 0 Å². The molecule has 0 bridgehead atoms. The van der Waals surface area contributed by atoms with Crippen LogP contribution in [0.5, 0.6) is 0 Å². The normalized spacial score (nSPS) is 13.5. The van der Waals surface area contributed by atoms with Crippen molar-refractivity contribution in [3.8, 4) is 6.07 Å². The highest BCUT2D eigenvalue weighted by Gasteiger charge is 2.21. The molecule has 0 saturated carbocycles. The van der Waals surface area contributed by atoms with E-state index in [0.717, 1.165) is 0 Å². The number of aliphatic hydroxyl groups excluding tert-OH is 1. The van der Waals surface area contributed by atoms with Gasteiger partial charge < -0.3 is 15.6 Å². The Kier molecular flexibility index (Phi) is 3.96. The van der Waals surface area contributed by atoms with Crippen molar-refractivity contribution in [2.45, 2.75) is 26.1 Å². The number of hydrogen-bond donors (Lipinski definition) is 2. The van der Waals surface area contributed by atoms with Crippen LogP contribution in [-0.4, -0.2) is 27.1 Å². The van der Waals surface area contributed by atoms with Crippen molar-refractivity contribution >= 4 is 11.8 Å². The lowest BCUT2D eigenvalue weighted by molar-refractivity contribution is -0.151. The third-order valence-corrected chi connectivity index (χ3v) is 2.02. The fourth-order valence-corrected chi connectivity index (χ4v) is 1.20. The molecular formula is C10H12N4O3. The van der Waals surface area contributed by atoms with E-state index < -0.39 is 18.2 Å². The summed E-state index contributed by atoms with van der Waals surface area (Å²) < 4.78 is 4.80.